The first-order chi connectivity index (χ1) is 15.4. The Morgan fingerprint density at radius 1 is 1.12 bits per heavy atom. The van der Waals surface area contributed by atoms with E-state index in [2.05, 4.69) is 10.2 Å². The van der Waals surface area contributed by atoms with Gasteiger partial charge in [-0.25, -0.2) is 0 Å². The predicted octanol–water partition coefficient (Wildman–Crippen LogP) is 3.10. The number of pyridine rings is 1. The third-order valence-electron chi connectivity index (χ3n) is 5.88. The minimum Gasteiger partial charge on any atom is -0.496 e. The second-order valence-corrected chi connectivity index (χ2v) is 8.56. The zero-order valence-corrected chi connectivity index (χ0v) is 19.6. The highest BCUT2D eigenvalue weighted by Crippen LogP contribution is 2.31. The summed E-state index contributed by atoms with van der Waals surface area (Å²) in [5.41, 5.74) is 2.98. The Morgan fingerprint density at radius 2 is 1.84 bits per heavy atom. The molecule has 32 heavy (non-hydrogen) atoms. The van der Waals surface area contributed by atoms with Gasteiger partial charge in [0, 0.05) is 31.2 Å². The van der Waals surface area contributed by atoms with Crippen LogP contribution in [0, 0.1) is 6.92 Å². The van der Waals surface area contributed by atoms with Crippen molar-refractivity contribution in [3.05, 3.63) is 58.9 Å². The van der Waals surface area contributed by atoms with Gasteiger partial charge in [0.25, 0.3) is 11.8 Å². The van der Waals surface area contributed by atoms with Gasteiger partial charge in [-0.1, -0.05) is 12.1 Å². The van der Waals surface area contributed by atoms with E-state index in [9.17, 15) is 9.59 Å². The molecule has 0 saturated carbocycles. The van der Waals surface area contributed by atoms with Crippen LogP contribution in [0.1, 0.15) is 57.3 Å². The lowest BCUT2D eigenvalue weighted by Crippen LogP contribution is -2.38. The molecule has 0 unspecified atom stereocenters. The maximum atomic E-state index is 13.0. The molecular formula is C25H34N4O3. The van der Waals surface area contributed by atoms with Crippen LogP contribution in [0.25, 0.3) is 0 Å². The second kappa shape index (κ2) is 11.1. The number of nitrogens with one attached hydrogen (secondary N) is 1. The van der Waals surface area contributed by atoms with Crippen molar-refractivity contribution in [2.75, 3.05) is 47.4 Å². The number of hydrogen-bond donors (Lipinski definition) is 1. The van der Waals surface area contributed by atoms with Crippen molar-refractivity contribution in [3.8, 4) is 5.75 Å². The Balaban J connectivity index is 1.66. The quantitative estimate of drug-likeness (QED) is 0.641. The van der Waals surface area contributed by atoms with Crippen molar-refractivity contribution in [1.29, 1.82) is 0 Å². The Kier molecular flexibility index (Phi) is 8.22. The zero-order chi connectivity index (χ0) is 23.1. The SMILES string of the molecule is COc1ccccc1C(=O)N1CCC(c2nc(C)ccc2C(=O)NCCCN(C)C)CC1. The summed E-state index contributed by atoms with van der Waals surface area (Å²) in [4.78, 5) is 34.6. The molecule has 1 fully saturated rings. The van der Waals surface area contributed by atoms with E-state index in [0.717, 1.165) is 37.2 Å². The van der Waals surface area contributed by atoms with Crippen molar-refractivity contribution in [1.82, 2.24) is 20.1 Å². The van der Waals surface area contributed by atoms with Gasteiger partial charge in [0.05, 0.1) is 23.9 Å². The summed E-state index contributed by atoms with van der Waals surface area (Å²) >= 11 is 0. The van der Waals surface area contributed by atoms with Crippen LogP contribution < -0.4 is 10.1 Å². The number of hydrogen-bond acceptors (Lipinski definition) is 5. The molecule has 7 heteroatoms. The minimum atomic E-state index is -0.0706. The van der Waals surface area contributed by atoms with Crippen LogP contribution in [0.3, 0.4) is 0 Å². The van der Waals surface area contributed by atoms with Gasteiger partial charge in [0.1, 0.15) is 5.75 Å². The number of ether oxygens (including phenoxy) is 1. The Morgan fingerprint density at radius 3 is 2.53 bits per heavy atom. The smallest absolute Gasteiger partial charge is 0.257 e. The number of aromatic nitrogens is 1. The second-order valence-electron chi connectivity index (χ2n) is 8.56. The molecule has 2 aromatic rings. The maximum Gasteiger partial charge on any atom is 0.257 e. The number of carbonyl (C=O) groups is 2. The number of aryl methyl sites for hydroxylation is 1. The Hall–Kier alpha value is -2.93. The van der Waals surface area contributed by atoms with Crippen molar-refractivity contribution in [2.24, 2.45) is 0 Å². The molecule has 3 rings (SSSR count). The van der Waals surface area contributed by atoms with Crippen LogP contribution >= 0.6 is 0 Å². The Labute approximate surface area is 190 Å². The number of amides is 2. The molecule has 172 valence electrons. The van der Waals surface area contributed by atoms with Gasteiger partial charge < -0.3 is 19.9 Å². The van der Waals surface area contributed by atoms with E-state index in [1.165, 1.54) is 0 Å². The normalized spacial score (nSPS) is 14.5. The monoisotopic (exact) mass is 438 g/mol. The first kappa shape index (κ1) is 23.7. The molecule has 0 spiro atoms. The number of benzene rings is 1. The van der Waals surface area contributed by atoms with E-state index in [1.807, 2.05) is 50.2 Å². The van der Waals surface area contributed by atoms with Gasteiger partial charge in [0.15, 0.2) is 0 Å². The highest BCUT2D eigenvalue weighted by Gasteiger charge is 2.29. The van der Waals surface area contributed by atoms with E-state index in [4.69, 9.17) is 9.72 Å². The number of para-hydroxylation sites is 1. The summed E-state index contributed by atoms with van der Waals surface area (Å²) in [6.07, 6.45) is 2.45. The van der Waals surface area contributed by atoms with Crippen LogP contribution in [0.4, 0.5) is 0 Å². The summed E-state index contributed by atoms with van der Waals surface area (Å²) in [6, 6.07) is 11.1. The number of piperidine rings is 1. The van der Waals surface area contributed by atoms with Gasteiger partial charge in [-0.2, -0.15) is 0 Å². The first-order valence-corrected chi connectivity index (χ1v) is 11.2. The molecule has 1 saturated heterocycles. The average Bonchev–Trinajstić information content (AvgIpc) is 2.81. The standard InChI is InChI=1S/C25H34N4O3/c1-18-10-11-21(24(30)26-14-7-15-28(2)3)23(27-18)19-12-16-29(17-13-19)25(31)20-8-5-6-9-22(20)32-4/h5-6,8-11,19H,7,12-17H2,1-4H3,(H,26,30). The minimum absolute atomic E-state index is 0.0167. The summed E-state index contributed by atoms with van der Waals surface area (Å²) in [6.45, 7) is 4.76. The lowest BCUT2D eigenvalue weighted by atomic mass is 9.89. The lowest BCUT2D eigenvalue weighted by Gasteiger charge is -2.32. The number of methoxy groups -OCH3 is 1. The molecule has 0 bridgehead atoms. The molecule has 1 aliphatic rings. The van der Waals surface area contributed by atoms with Gasteiger partial charge >= 0.3 is 0 Å². The number of likely N-dealkylation sites (tertiary alicyclic amines) is 1. The van der Waals surface area contributed by atoms with Crippen LogP contribution in [-0.4, -0.2) is 74.0 Å². The van der Waals surface area contributed by atoms with E-state index in [0.29, 0.717) is 36.5 Å². The molecular weight excluding hydrogens is 404 g/mol. The molecule has 1 aliphatic heterocycles. The summed E-state index contributed by atoms with van der Waals surface area (Å²) < 4.78 is 5.35. The maximum absolute atomic E-state index is 13.0. The van der Waals surface area contributed by atoms with Crippen molar-refractivity contribution >= 4 is 11.8 Å². The topological polar surface area (TPSA) is 74.8 Å². The van der Waals surface area contributed by atoms with Crippen LogP contribution in [-0.2, 0) is 0 Å². The van der Waals surface area contributed by atoms with Gasteiger partial charge in [0.2, 0.25) is 0 Å². The first-order valence-electron chi connectivity index (χ1n) is 11.2. The van der Waals surface area contributed by atoms with Crippen LogP contribution in [0.15, 0.2) is 36.4 Å². The third-order valence-corrected chi connectivity index (χ3v) is 5.88. The number of carbonyl (C=O) groups excluding carboxylic acids is 2. The van der Waals surface area contributed by atoms with Gasteiger partial charge in [-0.05, 0) is 71.1 Å². The lowest BCUT2D eigenvalue weighted by molar-refractivity contribution is 0.0707. The molecule has 1 N–H and O–H groups in total. The van der Waals surface area contributed by atoms with E-state index >= 15 is 0 Å². The van der Waals surface area contributed by atoms with E-state index in [1.54, 1.807) is 19.2 Å². The average molecular weight is 439 g/mol. The van der Waals surface area contributed by atoms with E-state index < -0.39 is 0 Å². The van der Waals surface area contributed by atoms with E-state index in [-0.39, 0.29) is 17.7 Å². The van der Waals surface area contributed by atoms with Gasteiger partial charge in [-0.15, -0.1) is 0 Å². The molecule has 1 aromatic heterocycles. The molecule has 2 amide bonds. The summed E-state index contributed by atoms with van der Waals surface area (Å²) in [7, 11) is 5.62. The van der Waals surface area contributed by atoms with Crippen molar-refractivity contribution in [3.63, 3.8) is 0 Å². The molecule has 0 radical (unpaired) electrons. The molecule has 0 atom stereocenters. The van der Waals surface area contributed by atoms with Crippen molar-refractivity contribution < 1.29 is 14.3 Å². The fourth-order valence-corrected chi connectivity index (χ4v) is 4.12. The summed E-state index contributed by atoms with van der Waals surface area (Å²) in [5.74, 6) is 0.656. The van der Waals surface area contributed by atoms with Crippen molar-refractivity contribution in [2.45, 2.75) is 32.1 Å². The zero-order valence-electron chi connectivity index (χ0n) is 19.6. The molecule has 7 nitrogen and oxygen atoms in total. The Bertz CT molecular complexity index is 937. The largest absolute Gasteiger partial charge is 0.496 e. The van der Waals surface area contributed by atoms with Crippen LogP contribution in [0.5, 0.6) is 5.75 Å². The number of nitrogens with zero attached hydrogens (tertiary/aromatic N) is 3. The molecule has 0 aliphatic carbocycles. The van der Waals surface area contributed by atoms with Crippen LogP contribution in [0.2, 0.25) is 0 Å². The third kappa shape index (κ3) is 5.85. The fourth-order valence-electron chi connectivity index (χ4n) is 4.12. The summed E-state index contributed by atoms with van der Waals surface area (Å²) in [5, 5.41) is 3.03. The fraction of sp³-hybridized carbons (Fsp3) is 0.480. The highest BCUT2D eigenvalue weighted by molar-refractivity contribution is 5.97. The predicted molar refractivity (Wildman–Crippen MR) is 125 cm³/mol. The number of rotatable bonds is 8. The molecule has 2 heterocycles. The highest BCUT2D eigenvalue weighted by atomic mass is 16.5. The molecule has 1 aromatic carbocycles. The van der Waals surface area contributed by atoms with Gasteiger partial charge in [-0.3, -0.25) is 14.6 Å².